The van der Waals surface area contributed by atoms with E-state index in [4.69, 9.17) is 5.73 Å². The van der Waals surface area contributed by atoms with Gasteiger partial charge in [-0.2, -0.15) is 4.72 Å². The van der Waals surface area contributed by atoms with Crippen LogP contribution in [0.3, 0.4) is 0 Å². The van der Waals surface area contributed by atoms with Gasteiger partial charge in [-0.3, -0.25) is 4.79 Å². The lowest BCUT2D eigenvalue weighted by Gasteiger charge is -2.16. The number of hydrogen-bond acceptors (Lipinski definition) is 3. The quantitative estimate of drug-likeness (QED) is 0.873. The molecule has 0 aliphatic heterocycles. The van der Waals surface area contributed by atoms with Gasteiger partial charge in [0.15, 0.2) is 0 Å². The van der Waals surface area contributed by atoms with Crippen LogP contribution in [0, 0.1) is 5.82 Å². The topological polar surface area (TPSA) is 89.3 Å². The van der Waals surface area contributed by atoms with Crippen molar-refractivity contribution in [1.29, 1.82) is 0 Å². The summed E-state index contributed by atoms with van der Waals surface area (Å²) >= 11 is 0. The van der Waals surface area contributed by atoms with Crippen LogP contribution in [-0.2, 0) is 14.8 Å². The molecule has 0 saturated heterocycles. The lowest BCUT2D eigenvalue weighted by molar-refractivity contribution is -0.119. The molecule has 3 N–H and O–H groups in total. The smallest absolute Gasteiger partial charge is 0.241 e. The summed E-state index contributed by atoms with van der Waals surface area (Å²) in [7, 11) is -4.07. The predicted octanol–water partition coefficient (Wildman–Crippen LogP) is 1.33. The zero-order chi connectivity index (χ0) is 15.5. The SMILES string of the molecule is NC(=O)C(NS(=O)(=O)c1cccc(F)c1)c1ccccc1. The van der Waals surface area contributed by atoms with Crippen molar-refractivity contribution in [3.8, 4) is 0 Å². The van der Waals surface area contributed by atoms with Crippen molar-refractivity contribution in [3.63, 3.8) is 0 Å². The molecule has 0 heterocycles. The molecule has 5 nitrogen and oxygen atoms in total. The average molecular weight is 308 g/mol. The number of primary amides is 1. The number of carbonyl (C=O) groups is 1. The van der Waals surface area contributed by atoms with Gasteiger partial charge in [0, 0.05) is 0 Å². The molecule has 2 aromatic rings. The van der Waals surface area contributed by atoms with E-state index in [2.05, 4.69) is 4.72 Å². The summed E-state index contributed by atoms with van der Waals surface area (Å²) in [6.45, 7) is 0. The molecule has 2 aromatic carbocycles. The Morgan fingerprint density at radius 1 is 1.10 bits per heavy atom. The van der Waals surface area contributed by atoms with E-state index in [1.165, 1.54) is 12.1 Å². The number of nitrogens with one attached hydrogen (secondary N) is 1. The lowest BCUT2D eigenvalue weighted by Crippen LogP contribution is -2.37. The largest absolute Gasteiger partial charge is 0.368 e. The number of sulfonamides is 1. The third-order valence-electron chi connectivity index (χ3n) is 2.80. The fourth-order valence-corrected chi connectivity index (χ4v) is 3.02. The normalized spacial score (nSPS) is 12.8. The van der Waals surface area contributed by atoms with Gasteiger partial charge in [0.25, 0.3) is 0 Å². The first-order valence-corrected chi connectivity index (χ1v) is 7.50. The molecule has 21 heavy (non-hydrogen) atoms. The van der Waals surface area contributed by atoms with E-state index < -0.39 is 27.8 Å². The third kappa shape index (κ3) is 3.65. The monoisotopic (exact) mass is 308 g/mol. The predicted molar refractivity (Wildman–Crippen MR) is 75.1 cm³/mol. The summed E-state index contributed by atoms with van der Waals surface area (Å²) in [5.41, 5.74) is 5.65. The highest BCUT2D eigenvalue weighted by molar-refractivity contribution is 7.89. The molecular weight excluding hydrogens is 295 g/mol. The summed E-state index contributed by atoms with van der Waals surface area (Å²) in [5, 5.41) is 0. The lowest BCUT2D eigenvalue weighted by atomic mass is 10.1. The molecule has 0 bridgehead atoms. The van der Waals surface area contributed by atoms with Crippen molar-refractivity contribution in [2.75, 3.05) is 0 Å². The minimum Gasteiger partial charge on any atom is -0.368 e. The van der Waals surface area contributed by atoms with Gasteiger partial charge < -0.3 is 5.73 Å². The summed E-state index contributed by atoms with van der Waals surface area (Å²) in [6, 6.07) is 11.5. The van der Waals surface area contributed by atoms with Crippen LogP contribution in [0.25, 0.3) is 0 Å². The van der Waals surface area contributed by atoms with Crippen LogP contribution in [0.5, 0.6) is 0 Å². The fourth-order valence-electron chi connectivity index (χ4n) is 1.79. The van der Waals surface area contributed by atoms with E-state index in [-0.39, 0.29) is 4.90 Å². The van der Waals surface area contributed by atoms with Crippen molar-refractivity contribution in [3.05, 3.63) is 66.0 Å². The number of hydrogen-bond donors (Lipinski definition) is 2. The Balaban J connectivity index is 2.35. The van der Waals surface area contributed by atoms with Crippen LogP contribution in [-0.4, -0.2) is 14.3 Å². The highest BCUT2D eigenvalue weighted by atomic mass is 32.2. The Morgan fingerprint density at radius 2 is 1.76 bits per heavy atom. The number of amides is 1. The van der Waals surface area contributed by atoms with Crippen LogP contribution in [0.15, 0.2) is 59.5 Å². The van der Waals surface area contributed by atoms with Crippen LogP contribution in [0.1, 0.15) is 11.6 Å². The number of benzene rings is 2. The fraction of sp³-hybridized carbons (Fsp3) is 0.0714. The molecule has 0 aliphatic carbocycles. The minimum atomic E-state index is -4.07. The van der Waals surface area contributed by atoms with E-state index >= 15 is 0 Å². The van der Waals surface area contributed by atoms with Gasteiger partial charge in [-0.05, 0) is 23.8 Å². The van der Waals surface area contributed by atoms with Crippen LogP contribution in [0.4, 0.5) is 4.39 Å². The van der Waals surface area contributed by atoms with Crippen LogP contribution in [0.2, 0.25) is 0 Å². The standard InChI is InChI=1S/C14H13FN2O3S/c15-11-7-4-8-12(9-11)21(19,20)17-13(14(16)18)10-5-2-1-3-6-10/h1-9,13,17H,(H2,16,18). The highest BCUT2D eigenvalue weighted by Crippen LogP contribution is 2.17. The zero-order valence-corrected chi connectivity index (χ0v) is 11.7. The molecule has 1 atom stereocenters. The van der Waals surface area contributed by atoms with Gasteiger partial charge in [-0.15, -0.1) is 0 Å². The van der Waals surface area contributed by atoms with Crippen molar-refractivity contribution in [2.45, 2.75) is 10.9 Å². The van der Waals surface area contributed by atoms with Crippen LogP contribution >= 0.6 is 0 Å². The van der Waals surface area contributed by atoms with Crippen molar-refractivity contribution < 1.29 is 17.6 Å². The minimum absolute atomic E-state index is 0.273. The average Bonchev–Trinajstić information content (AvgIpc) is 2.45. The molecule has 0 radical (unpaired) electrons. The summed E-state index contributed by atoms with van der Waals surface area (Å²) in [6.07, 6.45) is 0. The van der Waals surface area contributed by atoms with Crippen LogP contribution < -0.4 is 10.5 Å². The van der Waals surface area contributed by atoms with Gasteiger partial charge >= 0.3 is 0 Å². The van der Waals surface area contributed by atoms with Crippen molar-refractivity contribution >= 4 is 15.9 Å². The van der Waals surface area contributed by atoms with Crippen molar-refractivity contribution in [2.24, 2.45) is 5.73 Å². The number of carbonyl (C=O) groups excluding carboxylic acids is 1. The Hall–Kier alpha value is -2.25. The van der Waals surface area contributed by atoms with E-state index in [1.54, 1.807) is 30.3 Å². The second-order valence-corrected chi connectivity index (χ2v) is 6.04. The molecule has 2 rings (SSSR count). The molecule has 0 fully saturated rings. The second kappa shape index (κ2) is 6.02. The van der Waals surface area contributed by atoms with E-state index in [0.717, 1.165) is 12.1 Å². The molecule has 7 heteroatoms. The van der Waals surface area contributed by atoms with Gasteiger partial charge in [0.1, 0.15) is 11.9 Å². The maximum atomic E-state index is 13.1. The molecular formula is C14H13FN2O3S. The molecule has 1 unspecified atom stereocenters. The molecule has 1 amide bonds. The molecule has 0 spiro atoms. The maximum absolute atomic E-state index is 13.1. The van der Waals surface area contributed by atoms with E-state index in [1.807, 2.05) is 0 Å². The Morgan fingerprint density at radius 3 is 2.33 bits per heavy atom. The van der Waals surface area contributed by atoms with Crippen molar-refractivity contribution in [1.82, 2.24) is 4.72 Å². The summed E-state index contributed by atoms with van der Waals surface area (Å²) in [5.74, 6) is -1.53. The molecule has 110 valence electrons. The number of halogens is 1. The number of rotatable bonds is 5. The second-order valence-electron chi connectivity index (χ2n) is 4.32. The first kappa shape index (κ1) is 15.1. The van der Waals surface area contributed by atoms with Gasteiger partial charge in [0.2, 0.25) is 15.9 Å². The van der Waals surface area contributed by atoms with E-state index in [9.17, 15) is 17.6 Å². The Labute approximate surface area is 121 Å². The van der Waals surface area contributed by atoms with Gasteiger partial charge in [0.05, 0.1) is 4.90 Å². The zero-order valence-electron chi connectivity index (χ0n) is 10.9. The van der Waals surface area contributed by atoms with Gasteiger partial charge in [-0.1, -0.05) is 36.4 Å². The Kier molecular flexibility index (Phi) is 4.35. The first-order valence-electron chi connectivity index (χ1n) is 6.02. The molecule has 0 saturated carbocycles. The van der Waals surface area contributed by atoms with E-state index in [0.29, 0.717) is 5.56 Å². The molecule has 0 aromatic heterocycles. The summed E-state index contributed by atoms with van der Waals surface area (Å²) in [4.78, 5) is 11.2. The Bertz CT molecular complexity index is 748. The first-order chi connectivity index (χ1) is 9.90. The highest BCUT2D eigenvalue weighted by Gasteiger charge is 2.25. The molecule has 0 aliphatic rings. The third-order valence-corrected chi connectivity index (χ3v) is 4.22. The van der Waals surface area contributed by atoms with Gasteiger partial charge in [-0.25, -0.2) is 12.8 Å². The summed E-state index contributed by atoms with van der Waals surface area (Å²) < 4.78 is 39.7. The maximum Gasteiger partial charge on any atom is 0.241 e. The number of nitrogens with two attached hydrogens (primary N) is 1.